The molecule has 3 aromatic rings. The van der Waals surface area contributed by atoms with Gasteiger partial charge in [-0.25, -0.2) is 0 Å². The molecule has 2 aromatic carbocycles. The lowest BCUT2D eigenvalue weighted by atomic mass is 10.2. The number of aryl methyl sites for hydroxylation is 1. The van der Waals surface area contributed by atoms with E-state index in [-0.39, 0.29) is 4.90 Å². The van der Waals surface area contributed by atoms with Gasteiger partial charge in [0.25, 0.3) is 10.0 Å². The van der Waals surface area contributed by atoms with E-state index in [0.29, 0.717) is 22.0 Å². The summed E-state index contributed by atoms with van der Waals surface area (Å²) in [7, 11) is -3.99. The zero-order valence-electron chi connectivity index (χ0n) is 16.6. The van der Waals surface area contributed by atoms with Crippen LogP contribution in [0.4, 0.5) is 11.4 Å². The summed E-state index contributed by atoms with van der Waals surface area (Å²) in [6, 6.07) is 9.72. The lowest BCUT2D eigenvalue weighted by Crippen LogP contribution is -2.26. The van der Waals surface area contributed by atoms with Gasteiger partial charge in [0.1, 0.15) is 0 Å². The first-order valence-corrected chi connectivity index (χ1v) is 12.0. The third kappa shape index (κ3) is 4.25. The summed E-state index contributed by atoms with van der Waals surface area (Å²) < 4.78 is 32.5. The number of rotatable bonds is 7. The third-order valence-electron chi connectivity index (χ3n) is 5.33. The van der Waals surface area contributed by atoms with Crippen LogP contribution >= 0.6 is 23.4 Å². The van der Waals surface area contributed by atoms with Gasteiger partial charge in [0, 0.05) is 35.3 Å². The van der Waals surface area contributed by atoms with E-state index in [4.69, 9.17) is 27.8 Å². The zero-order chi connectivity index (χ0) is 21.3. The Morgan fingerprint density at radius 1 is 1.17 bits per heavy atom. The summed E-state index contributed by atoms with van der Waals surface area (Å²) >= 11 is 12.5. The Hall–Kier alpha value is -1.93. The summed E-state index contributed by atoms with van der Waals surface area (Å²) in [5.74, 6) is 0. The molecule has 0 saturated carbocycles. The molecule has 1 aliphatic heterocycles. The number of sulfonamides is 1. The van der Waals surface area contributed by atoms with Crippen LogP contribution in [0.15, 0.2) is 52.0 Å². The number of anilines is 2. The molecule has 1 saturated heterocycles. The van der Waals surface area contributed by atoms with Gasteiger partial charge in [-0.05, 0) is 68.8 Å². The maximum Gasteiger partial charge on any atom is 0.278 e. The summed E-state index contributed by atoms with van der Waals surface area (Å²) in [5, 5.41) is 4.50. The maximum absolute atomic E-state index is 13.1. The van der Waals surface area contributed by atoms with Crippen molar-refractivity contribution in [2.24, 2.45) is 0 Å². The van der Waals surface area contributed by atoms with Crippen molar-refractivity contribution in [3.8, 4) is 0 Å². The Morgan fingerprint density at radius 3 is 2.67 bits per heavy atom. The van der Waals surface area contributed by atoms with Crippen LogP contribution in [0.1, 0.15) is 18.4 Å². The Bertz CT molecular complexity index is 1160. The summed E-state index contributed by atoms with van der Waals surface area (Å²) in [6.45, 7) is 5.68. The molecule has 9 heteroatoms. The number of hydrogen-bond donors (Lipinski definition) is 1. The quantitative estimate of drug-likeness (QED) is 0.480. The third-order valence-corrected chi connectivity index (χ3v) is 7.96. The van der Waals surface area contributed by atoms with Crippen molar-refractivity contribution < 1.29 is 12.8 Å². The lowest BCUT2D eigenvalue weighted by molar-refractivity contribution is 0.352. The molecule has 30 heavy (non-hydrogen) atoms. The fraction of sp³-hybridized carbons (Fsp3) is 0.333. The fourth-order valence-electron chi connectivity index (χ4n) is 3.62. The maximum atomic E-state index is 13.1. The highest BCUT2D eigenvalue weighted by molar-refractivity contribution is 7.94. The molecule has 0 spiro atoms. The molecule has 0 unspecified atom stereocenters. The van der Waals surface area contributed by atoms with Crippen molar-refractivity contribution in [3.63, 3.8) is 0 Å². The minimum atomic E-state index is -3.99. The van der Waals surface area contributed by atoms with Gasteiger partial charge in [-0.3, -0.25) is 0 Å². The van der Waals surface area contributed by atoms with Gasteiger partial charge in [-0.1, -0.05) is 17.7 Å². The standard InChI is InChI=1S/C21H23Cl2N3O3S/c1-15-4-5-18(14-19(15)22)30(27,28)26(23)17-12-16-6-11-29-21(16)20(13-17)24-7-10-25-8-2-3-9-25/h4-6,11-14,24H,2-3,7-10H2,1H3. The van der Waals surface area contributed by atoms with Crippen LogP contribution in [0, 0.1) is 6.92 Å². The number of nitrogens with one attached hydrogen (secondary N) is 1. The molecular weight excluding hydrogens is 445 g/mol. The number of nitrogens with zero attached hydrogens (tertiary/aromatic N) is 2. The van der Waals surface area contributed by atoms with Gasteiger partial charge in [0.2, 0.25) is 0 Å². The number of fused-ring (bicyclic) bond motifs is 1. The van der Waals surface area contributed by atoms with Gasteiger partial charge >= 0.3 is 0 Å². The monoisotopic (exact) mass is 467 g/mol. The van der Waals surface area contributed by atoms with Crippen LogP contribution in [-0.2, 0) is 10.0 Å². The average molecular weight is 468 g/mol. The smallest absolute Gasteiger partial charge is 0.278 e. The first-order chi connectivity index (χ1) is 14.4. The van der Waals surface area contributed by atoms with Crippen molar-refractivity contribution in [1.82, 2.24) is 4.90 Å². The highest BCUT2D eigenvalue weighted by atomic mass is 35.5. The highest BCUT2D eigenvalue weighted by Gasteiger charge is 2.25. The Labute approximate surface area is 186 Å². The van der Waals surface area contributed by atoms with Crippen molar-refractivity contribution in [3.05, 3.63) is 53.2 Å². The number of benzene rings is 2. The molecule has 1 aromatic heterocycles. The number of likely N-dealkylation sites (tertiary alicyclic amines) is 1. The summed E-state index contributed by atoms with van der Waals surface area (Å²) in [5.41, 5.74) is 2.49. The molecule has 1 fully saturated rings. The lowest BCUT2D eigenvalue weighted by Gasteiger charge is -2.19. The molecule has 160 valence electrons. The van der Waals surface area contributed by atoms with Gasteiger partial charge in [-0.2, -0.15) is 12.2 Å². The average Bonchev–Trinajstić information content (AvgIpc) is 3.41. The van der Waals surface area contributed by atoms with Gasteiger partial charge in [0.05, 0.1) is 22.5 Å². The van der Waals surface area contributed by atoms with E-state index in [0.717, 1.165) is 41.0 Å². The van der Waals surface area contributed by atoms with Crippen molar-refractivity contribution in [2.75, 3.05) is 35.3 Å². The number of halogens is 2. The van der Waals surface area contributed by atoms with Gasteiger partial charge in [-0.15, -0.1) is 0 Å². The summed E-state index contributed by atoms with van der Waals surface area (Å²) in [4.78, 5) is 2.43. The van der Waals surface area contributed by atoms with Crippen LogP contribution in [0.25, 0.3) is 11.0 Å². The first-order valence-electron chi connectivity index (χ1n) is 9.81. The minimum Gasteiger partial charge on any atom is -0.462 e. The highest BCUT2D eigenvalue weighted by Crippen LogP contribution is 2.35. The molecule has 2 heterocycles. The minimum absolute atomic E-state index is 0.0314. The van der Waals surface area contributed by atoms with Crippen molar-refractivity contribution in [2.45, 2.75) is 24.7 Å². The second-order valence-corrected chi connectivity index (χ2v) is 10.2. The second-order valence-electron chi connectivity index (χ2n) is 7.44. The van der Waals surface area contributed by atoms with E-state index in [2.05, 4.69) is 10.2 Å². The van der Waals surface area contributed by atoms with E-state index in [1.54, 1.807) is 30.5 Å². The van der Waals surface area contributed by atoms with E-state index in [1.165, 1.54) is 25.0 Å². The van der Waals surface area contributed by atoms with Crippen LogP contribution in [0.5, 0.6) is 0 Å². The predicted molar refractivity (Wildman–Crippen MR) is 122 cm³/mol. The predicted octanol–water partition coefficient (Wildman–Crippen LogP) is 5.25. The Kier molecular flexibility index (Phi) is 6.16. The topological polar surface area (TPSA) is 65.8 Å². The van der Waals surface area contributed by atoms with Crippen molar-refractivity contribution in [1.29, 1.82) is 0 Å². The van der Waals surface area contributed by atoms with Crippen LogP contribution in [0.3, 0.4) is 0 Å². The molecule has 1 N–H and O–H groups in total. The Morgan fingerprint density at radius 2 is 1.93 bits per heavy atom. The van der Waals surface area contributed by atoms with Crippen LogP contribution in [-0.4, -0.2) is 39.5 Å². The van der Waals surface area contributed by atoms with E-state index in [1.807, 2.05) is 6.92 Å². The van der Waals surface area contributed by atoms with E-state index in [9.17, 15) is 8.42 Å². The zero-order valence-corrected chi connectivity index (χ0v) is 18.9. The summed E-state index contributed by atoms with van der Waals surface area (Å²) in [6.07, 6.45) is 4.05. The van der Waals surface area contributed by atoms with E-state index < -0.39 is 10.0 Å². The molecule has 0 aliphatic carbocycles. The molecule has 1 aliphatic rings. The van der Waals surface area contributed by atoms with Gasteiger partial charge < -0.3 is 14.6 Å². The fourth-order valence-corrected chi connectivity index (χ4v) is 5.28. The van der Waals surface area contributed by atoms with Crippen molar-refractivity contribution >= 4 is 55.7 Å². The first kappa shape index (κ1) is 21.3. The molecular formula is C21H23Cl2N3O3S. The second kappa shape index (κ2) is 8.67. The molecule has 0 bridgehead atoms. The molecule has 0 atom stereocenters. The molecule has 4 rings (SSSR count). The van der Waals surface area contributed by atoms with E-state index >= 15 is 0 Å². The van der Waals surface area contributed by atoms with Crippen LogP contribution in [0.2, 0.25) is 5.02 Å². The normalized spacial score (nSPS) is 15.0. The SMILES string of the molecule is Cc1ccc(S(=O)(=O)N(Cl)c2cc(NCCN3CCCC3)c3occc3c2)cc1Cl. The Balaban J connectivity index is 1.61. The van der Waals surface area contributed by atoms with Gasteiger partial charge in [0.15, 0.2) is 5.58 Å². The number of furan rings is 1. The van der Waals surface area contributed by atoms with Crippen LogP contribution < -0.4 is 9.14 Å². The molecule has 6 nitrogen and oxygen atoms in total. The number of hydrogen-bond acceptors (Lipinski definition) is 5. The molecule has 0 radical (unpaired) electrons. The largest absolute Gasteiger partial charge is 0.462 e. The molecule has 0 amide bonds.